The molecule has 4 aromatic rings. The molecule has 288 valence electrons. The maximum Gasteiger partial charge on any atom is 0.309 e. The molecule has 8 heteroatoms. The zero-order valence-corrected chi connectivity index (χ0v) is 32.1. The third-order valence-corrected chi connectivity index (χ3v) is 12.1. The van der Waals surface area contributed by atoms with E-state index in [4.69, 9.17) is 14.2 Å². The third-order valence-electron chi connectivity index (χ3n) is 12.1. The topological polar surface area (TPSA) is 88.5 Å². The highest BCUT2D eigenvalue weighted by Gasteiger charge is 2.28. The maximum atomic E-state index is 12.8. The van der Waals surface area contributed by atoms with E-state index in [2.05, 4.69) is 64.4 Å². The van der Waals surface area contributed by atoms with Gasteiger partial charge in [-0.05, 0) is 172 Å². The fourth-order valence-electron chi connectivity index (χ4n) is 8.81. The Kier molecular flexibility index (Phi) is 13.0. The number of hydrogen-bond acceptors (Lipinski definition) is 8. The first kappa shape index (κ1) is 38.1. The Morgan fingerprint density at radius 1 is 0.630 bits per heavy atom. The van der Waals surface area contributed by atoms with Crippen LogP contribution in [-0.2, 0) is 32.2 Å². The van der Waals surface area contributed by atoms with Gasteiger partial charge in [0.05, 0.1) is 31.2 Å². The lowest BCUT2D eigenvalue weighted by atomic mass is 9.84. The van der Waals surface area contributed by atoms with Gasteiger partial charge in [0, 0.05) is 13.1 Å². The summed E-state index contributed by atoms with van der Waals surface area (Å²) in [7, 11) is 0. The quantitative estimate of drug-likeness (QED) is 0.101. The van der Waals surface area contributed by atoms with Crippen molar-refractivity contribution >= 4 is 33.5 Å². The number of benzene rings is 4. The number of rotatable bonds is 14. The van der Waals surface area contributed by atoms with Crippen molar-refractivity contribution in [2.24, 2.45) is 17.8 Å². The number of likely N-dealkylation sites (tertiary alicyclic amines) is 2. The van der Waals surface area contributed by atoms with Crippen LogP contribution in [0.3, 0.4) is 0 Å². The minimum atomic E-state index is -0.0389. The summed E-state index contributed by atoms with van der Waals surface area (Å²) in [5, 5.41) is 14.3. The van der Waals surface area contributed by atoms with Gasteiger partial charge in [0.15, 0.2) is 0 Å². The Balaban J connectivity index is 0.748. The van der Waals surface area contributed by atoms with Crippen LogP contribution < -0.4 is 4.74 Å². The van der Waals surface area contributed by atoms with Gasteiger partial charge >= 0.3 is 11.9 Å². The van der Waals surface area contributed by atoms with E-state index >= 15 is 0 Å². The number of esters is 2. The van der Waals surface area contributed by atoms with Gasteiger partial charge in [-0.25, -0.2) is 0 Å². The fourth-order valence-corrected chi connectivity index (χ4v) is 8.81. The van der Waals surface area contributed by atoms with Crippen molar-refractivity contribution in [3.05, 3.63) is 83.9 Å². The smallest absolute Gasteiger partial charge is 0.309 e. The first-order valence-corrected chi connectivity index (χ1v) is 20.6. The molecule has 54 heavy (non-hydrogen) atoms. The number of phenols is 1. The van der Waals surface area contributed by atoms with Crippen molar-refractivity contribution in [3.8, 4) is 11.5 Å². The molecule has 8 nitrogen and oxygen atoms in total. The van der Waals surface area contributed by atoms with E-state index in [0.29, 0.717) is 19.0 Å². The molecule has 1 aliphatic carbocycles. The van der Waals surface area contributed by atoms with Gasteiger partial charge in [0.25, 0.3) is 0 Å². The van der Waals surface area contributed by atoms with Crippen molar-refractivity contribution < 1.29 is 28.9 Å². The number of unbranched alkanes of at least 4 members (excludes halogenated alkanes) is 1. The molecule has 2 heterocycles. The highest BCUT2D eigenvalue weighted by atomic mass is 16.5. The predicted molar refractivity (Wildman–Crippen MR) is 213 cm³/mol. The highest BCUT2D eigenvalue weighted by molar-refractivity contribution is 5.85. The van der Waals surface area contributed by atoms with Crippen LogP contribution in [0.15, 0.2) is 72.8 Å². The van der Waals surface area contributed by atoms with E-state index < -0.39 is 0 Å². The Morgan fingerprint density at radius 3 is 1.78 bits per heavy atom. The van der Waals surface area contributed by atoms with Crippen LogP contribution in [0.5, 0.6) is 11.5 Å². The van der Waals surface area contributed by atoms with Crippen molar-refractivity contribution in [1.82, 2.24) is 9.80 Å². The number of carbonyl (C=O) groups is 2. The molecule has 0 amide bonds. The van der Waals surface area contributed by atoms with Crippen molar-refractivity contribution in [1.29, 1.82) is 0 Å². The number of carbonyl (C=O) groups excluding carboxylic acids is 2. The molecule has 1 N–H and O–H groups in total. The van der Waals surface area contributed by atoms with E-state index in [-0.39, 0.29) is 29.9 Å². The molecule has 2 aliphatic heterocycles. The van der Waals surface area contributed by atoms with Gasteiger partial charge in [-0.2, -0.15) is 0 Å². The number of phenolic OH excluding ortho intramolecular Hbond substituents is 1. The van der Waals surface area contributed by atoms with Gasteiger partial charge in [0.2, 0.25) is 0 Å². The molecule has 2 saturated heterocycles. The Hall–Kier alpha value is -4.14. The molecule has 0 spiro atoms. The van der Waals surface area contributed by atoms with Gasteiger partial charge < -0.3 is 19.3 Å². The standard InChI is InChI=1S/C46H58N2O6/c1-2-52-45(50)36-18-22-47(23-19-36)32-35-7-11-41-30-44(17-13-39(41)28-35)54-43-15-8-33(9-16-43)5-3-4-26-53-46(51)37-20-24-48(25-21-37)31-34-6-10-40-29-42(49)14-12-38(40)27-34/h6-7,10-14,17,27-30,33,36-37,43,49H,2-5,8-9,15-16,18-26,31-32H2,1H3/t33-,43+. The molecule has 0 bridgehead atoms. The first-order valence-electron chi connectivity index (χ1n) is 20.6. The molecular formula is C46H58N2O6. The van der Waals surface area contributed by atoms with Crippen molar-refractivity contribution in [3.63, 3.8) is 0 Å². The van der Waals surface area contributed by atoms with E-state index in [1.165, 1.54) is 41.2 Å². The molecule has 1 saturated carbocycles. The van der Waals surface area contributed by atoms with Crippen LogP contribution >= 0.6 is 0 Å². The van der Waals surface area contributed by atoms with Gasteiger partial charge in [-0.3, -0.25) is 19.4 Å². The number of nitrogens with zero attached hydrogens (tertiary/aromatic N) is 2. The lowest BCUT2D eigenvalue weighted by molar-refractivity contribution is -0.151. The Labute approximate surface area is 320 Å². The molecule has 3 aliphatic rings. The maximum absolute atomic E-state index is 12.8. The molecule has 0 unspecified atom stereocenters. The van der Waals surface area contributed by atoms with Crippen LogP contribution in [-0.4, -0.2) is 72.3 Å². The van der Waals surface area contributed by atoms with E-state index in [0.717, 1.165) is 113 Å². The normalized spacial score (nSPS) is 20.6. The van der Waals surface area contributed by atoms with Crippen molar-refractivity contribution in [2.75, 3.05) is 39.4 Å². The molecule has 0 aromatic heterocycles. The molecule has 4 aromatic carbocycles. The summed E-state index contributed by atoms with van der Waals surface area (Å²) in [5.41, 5.74) is 2.56. The van der Waals surface area contributed by atoms with Gasteiger partial charge in [0.1, 0.15) is 11.5 Å². The second-order valence-electron chi connectivity index (χ2n) is 16.0. The molecule has 0 atom stereocenters. The lowest BCUT2D eigenvalue weighted by Crippen LogP contribution is -2.36. The zero-order chi connectivity index (χ0) is 37.3. The van der Waals surface area contributed by atoms with Crippen LogP contribution in [0.25, 0.3) is 21.5 Å². The van der Waals surface area contributed by atoms with Gasteiger partial charge in [-0.15, -0.1) is 0 Å². The van der Waals surface area contributed by atoms with Crippen LogP contribution in [0, 0.1) is 17.8 Å². The SMILES string of the molecule is CCOC(=O)C1CCN(Cc2ccc3cc(O[C@H]4CC[C@@H](CCCCOC(=O)C5CCN(Cc6ccc7cc(O)ccc7c6)CC5)CC4)ccc3c2)CC1. The number of fused-ring (bicyclic) bond motifs is 2. The number of aromatic hydroxyl groups is 1. The summed E-state index contributed by atoms with van der Waals surface area (Å²) < 4.78 is 17.4. The average Bonchev–Trinajstić information content (AvgIpc) is 3.19. The van der Waals surface area contributed by atoms with Crippen LogP contribution in [0.1, 0.15) is 88.7 Å². The third kappa shape index (κ3) is 10.3. The lowest BCUT2D eigenvalue weighted by Gasteiger charge is -2.31. The minimum Gasteiger partial charge on any atom is -0.508 e. The monoisotopic (exact) mass is 734 g/mol. The van der Waals surface area contributed by atoms with E-state index in [9.17, 15) is 14.7 Å². The fraction of sp³-hybridized carbons (Fsp3) is 0.522. The predicted octanol–water partition coefficient (Wildman–Crippen LogP) is 9.04. The highest BCUT2D eigenvalue weighted by Crippen LogP contribution is 2.32. The van der Waals surface area contributed by atoms with Gasteiger partial charge in [-0.1, -0.05) is 42.8 Å². The zero-order valence-electron chi connectivity index (χ0n) is 32.1. The van der Waals surface area contributed by atoms with Crippen molar-refractivity contribution in [2.45, 2.75) is 96.7 Å². The first-order chi connectivity index (χ1) is 26.4. The van der Waals surface area contributed by atoms with E-state index in [1.807, 2.05) is 13.0 Å². The minimum absolute atomic E-state index is 0.00977. The Morgan fingerprint density at radius 2 is 1.17 bits per heavy atom. The number of ether oxygens (including phenoxy) is 3. The number of piperidine rings is 2. The molecule has 7 rings (SSSR count). The summed E-state index contributed by atoms with van der Waals surface area (Å²) >= 11 is 0. The second kappa shape index (κ2) is 18.5. The summed E-state index contributed by atoms with van der Waals surface area (Å²) in [4.78, 5) is 29.7. The summed E-state index contributed by atoms with van der Waals surface area (Å²) in [6, 6.07) is 25.1. The summed E-state index contributed by atoms with van der Waals surface area (Å²) in [6.45, 7) is 8.31. The number of hydrogen-bond donors (Lipinski definition) is 1. The van der Waals surface area contributed by atoms with Crippen LogP contribution in [0.2, 0.25) is 0 Å². The largest absolute Gasteiger partial charge is 0.508 e. The second-order valence-corrected chi connectivity index (χ2v) is 16.0. The molecule has 3 fully saturated rings. The van der Waals surface area contributed by atoms with Crippen LogP contribution in [0.4, 0.5) is 0 Å². The summed E-state index contributed by atoms with van der Waals surface area (Å²) in [6.07, 6.45) is 11.5. The van der Waals surface area contributed by atoms with E-state index in [1.54, 1.807) is 12.1 Å². The summed E-state index contributed by atoms with van der Waals surface area (Å²) in [5.74, 6) is 1.98. The molecular weight excluding hydrogens is 677 g/mol. The average molecular weight is 735 g/mol. The Bertz CT molecular complexity index is 1850. The molecule has 0 radical (unpaired) electrons.